The lowest BCUT2D eigenvalue weighted by Crippen LogP contribution is -2.17. The number of rotatable bonds is 2. The Labute approximate surface area is 69.4 Å². The molecule has 1 aromatic heterocycles. The summed E-state index contributed by atoms with van der Waals surface area (Å²) in [6.07, 6.45) is 1.48. The molecular weight excluding hydrogens is 158 g/mol. The van der Waals surface area contributed by atoms with Gasteiger partial charge in [-0.2, -0.15) is 5.10 Å². The third kappa shape index (κ3) is 1.91. The number of hydrazone groups is 1. The van der Waals surface area contributed by atoms with Gasteiger partial charge in [-0.05, 0) is 13.8 Å². The largest absolute Gasteiger partial charge is 0.361 e. The van der Waals surface area contributed by atoms with Gasteiger partial charge in [0.25, 0.3) is 5.91 Å². The fourth-order valence-corrected chi connectivity index (χ4v) is 0.654. The fraction of sp³-hybridized carbons (Fsp3) is 0.286. The molecule has 0 atom stereocenters. The molecule has 0 spiro atoms. The van der Waals surface area contributed by atoms with Gasteiger partial charge in [-0.25, -0.2) is 5.43 Å². The zero-order valence-corrected chi connectivity index (χ0v) is 6.87. The van der Waals surface area contributed by atoms with Crippen LogP contribution in [-0.2, 0) is 0 Å². The van der Waals surface area contributed by atoms with Crippen molar-refractivity contribution in [2.45, 2.75) is 13.8 Å². The van der Waals surface area contributed by atoms with Crippen LogP contribution in [0, 0.1) is 6.92 Å². The van der Waals surface area contributed by atoms with Gasteiger partial charge in [0.2, 0.25) is 0 Å². The van der Waals surface area contributed by atoms with Gasteiger partial charge >= 0.3 is 0 Å². The minimum Gasteiger partial charge on any atom is -0.361 e. The van der Waals surface area contributed by atoms with E-state index in [9.17, 15) is 4.79 Å². The van der Waals surface area contributed by atoms with Gasteiger partial charge in [-0.1, -0.05) is 5.16 Å². The maximum Gasteiger partial charge on any atom is 0.293 e. The van der Waals surface area contributed by atoms with Crippen LogP contribution in [0.25, 0.3) is 0 Å². The van der Waals surface area contributed by atoms with Crippen LogP contribution in [0.5, 0.6) is 0 Å². The van der Waals surface area contributed by atoms with E-state index in [0.717, 1.165) is 0 Å². The molecule has 5 heteroatoms. The van der Waals surface area contributed by atoms with Crippen LogP contribution in [-0.4, -0.2) is 17.3 Å². The van der Waals surface area contributed by atoms with Crippen molar-refractivity contribution in [1.82, 2.24) is 10.6 Å². The number of hydrogen-bond donors (Lipinski definition) is 1. The number of aryl methyl sites for hydroxylation is 1. The van der Waals surface area contributed by atoms with E-state index in [0.29, 0.717) is 5.76 Å². The van der Waals surface area contributed by atoms with Crippen molar-refractivity contribution < 1.29 is 9.32 Å². The number of hydrogen-bond acceptors (Lipinski definition) is 4. The van der Waals surface area contributed by atoms with Crippen LogP contribution in [0.15, 0.2) is 15.7 Å². The molecular formula is C7H9N3O2. The average Bonchev–Trinajstić information content (AvgIpc) is 2.47. The molecule has 0 radical (unpaired) electrons. The Morgan fingerprint density at radius 3 is 3.08 bits per heavy atom. The number of nitrogens with one attached hydrogen (secondary N) is 1. The molecule has 0 aliphatic carbocycles. The second kappa shape index (κ2) is 3.66. The molecule has 5 nitrogen and oxygen atoms in total. The van der Waals surface area contributed by atoms with Gasteiger partial charge in [-0.3, -0.25) is 4.79 Å². The maximum atomic E-state index is 11.1. The molecule has 1 amide bonds. The molecule has 0 aliphatic heterocycles. The zero-order chi connectivity index (χ0) is 8.97. The Morgan fingerprint density at radius 2 is 2.58 bits per heavy atom. The van der Waals surface area contributed by atoms with Crippen molar-refractivity contribution in [1.29, 1.82) is 0 Å². The standard InChI is InChI=1S/C7H9N3O2/c1-3-8-9-7(11)6-4-5(2)12-10-6/h3-4H,1-2H3,(H,9,11)/b8-3+. The van der Waals surface area contributed by atoms with E-state index in [1.54, 1.807) is 19.9 Å². The predicted octanol–water partition coefficient (Wildman–Crippen LogP) is 0.719. The second-order valence-electron chi connectivity index (χ2n) is 2.15. The Hall–Kier alpha value is -1.65. The summed E-state index contributed by atoms with van der Waals surface area (Å²) in [5.41, 5.74) is 2.50. The van der Waals surface area contributed by atoms with Crippen LogP contribution in [0.4, 0.5) is 0 Å². The highest BCUT2D eigenvalue weighted by Gasteiger charge is 2.08. The zero-order valence-electron chi connectivity index (χ0n) is 6.87. The van der Waals surface area contributed by atoms with Crippen molar-refractivity contribution >= 4 is 12.1 Å². The van der Waals surface area contributed by atoms with E-state index in [1.807, 2.05) is 0 Å². The van der Waals surface area contributed by atoms with Crippen molar-refractivity contribution in [3.8, 4) is 0 Å². The maximum absolute atomic E-state index is 11.1. The average molecular weight is 167 g/mol. The number of aromatic nitrogens is 1. The van der Waals surface area contributed by atoms with Gasteiger partial charge < -0.3 is 4.52 Å². The Morgan fingerprint density at radius 1 is 1.83 bits per heavy atom. The van der Waals surface area contributed by atoms with Gasteiger partial charge in [0.05, 0.1) is 0 Å². The summed E-state index contributed by atoms with van der Waals surface area (Å²) in [7, 11) is 0. The Balaban J connectivity index is 2.65. The van der Waals surface area contributed by atoms with E-state index < -0.39 is 0 Å². The summed E-state index contributed by atoms with van der Waals surface area (Å²) in [6, 6.07) is 1.54. The lowest BCUT2D eigenvalue weighted by molar-refractivity contribution is 0.0946. The number of amides is 1. The Bertz CT molecular complexity index is 303. The first-order chi connectivity index (χ1) is 5.74. The van der Waals surface area contributed by atoms with E-state index in [4.69, 9.17) is 4.52 Å². The van der Waals surface area contributed by atoms with Crippen molar-refractivity contribution in [2.75, 3.05) is 0 Å². The molecule has 1 heterocycles. The summed E-state index contributed by atoms with van der Waals surface area (Å²) in [5.74, 6) is 0.227. The molecule has 0 fully saturated rings. The van der Waals surface area contributed by atoms with Crippen LogP contribution < -0.4 is 5.43 Å². The van der Waals surface area contributed by atoms with Gasteiger partial charge in [0.1, 0.15) is 5.76 Å². The molecule has 64 valence electrons. The number of nitrogens with zero attached hydrogens (tertiary/aromatic N) is 2. The van der Waals surface area contributed by atoms with E-state index in [-0.39, 0.29) is 11.6 Å². The monoisotopic (exact) mass is 167 g/mol. The number of carbonyl (C=O) groups excluding carboxylic acids is 1. The Kier molecular flexibility index (Phi) is 2.57. The molecule has 0 aromatic carbocycles. The summed E-state index contributed by atoms with van der Waals surface area (Å²) in [5, 5.41) is 7.06. The molecule has 1 rings (SSSR count). The van der Waals surface area contributed by atoms with E-state index >= 15 is 0 Å². The van der Waals surface area contributed by atoms with Gasteiger partial charge in [-0.15, -0.1) is 0 Å². The molecule has 1 N–H and O–H groups in total. The first-order valence-electron chi connectivity index (χ1n) is 3.45. The predicted molar refractivity (Wildman–Crippen MR) is 42.9 cm³/mol. The van der Waals surface area contributed by atoms with Crippen molar-refractivity contribution in [3.05, 3.63) is 17.5 Å². The summed E-state index contributed by atoms with van der Waals surface area (Å²) in [6.45, 7) is 3.42. The van der Waals surface area contributed by atoms with E-state index in [1.165, 1.54) is 6.21 Å². The van der Waals surface area contributed by atoms with Crippen LogP contribution >= 0.6 is 0 Å². The lowest BCUT2D eigenvalue weighted by Gasteiger charge is -1.90. The minimum atomic E-state index is -0.370. The topological polar surface area (TPSA) is 67.5 Å². The molecule has 0 unspecified atom stereocenters. The SMILES string of the molecule is C/C=N/NC(=O)c1cc(C)on1. The normalized spacial score (nSPS) is 10.5. The smallest absolute Gasteiger partial charge is 0.293 e. The highest BCUT2D eigenvalue weighted by Crippen LogP contribution is 2.00. The third-order valence-corrected chi connectivity index (χ3v) is 1.16. The minimum absolute atomic E-state index is 0.234. The first kappa shape index (κ1) is 8.45. The molecule has 0 aliphatic rings. The van der Waals surface area contributed by atoms with Crippen LogP contribution in [0.2, 0.25) is 0 Å². The highest BCUT2D eigenvalue weighted by atomic mass is 16.5. The fourth-order valence-electron chi connectivity index (χ4n) is 0.654. The van der Waals surface area contributed by atoms with Crippen LogP contribution in [0.3, 0.4) is 0 Å². The summed E-state index contributed by atoms with van der Waals surface area (Å²) >= 11 is 0. The molecule has 0 saturated heterocycles. The molecule has 12 heavy (non-hydrogen) atoms. The third-order valence-electron chi connectivity index (χ3n) is 1.16. The number of carbonyl (C=O) groups is 1. The molecule has 0 saturated carbocycles. The van der Waals surface area contributed by atoms with Crippen molar-refractivity contribution in [3.63, 3.8) is 0 Å². The summed E-state index contributed by atoms with van der Waals surface area (Å²) < 4.78 is 4.70. The second-order valence-corrected chi connectivity index (χ2v) is 2.15. The quantitative estimate of drug-likeness (QED) is 0.521. The highest BCUT2D eigenvalue weighted by molar-refractivity contribution is 5.92. The van der Waals surface area contributed by atoms with E-state index in [2.05, 4.69) is 15.7 Å². The van der Waals surface area contributed by atoms with Crippen LogP contribution in [0.1, 0.15) is 23.2 Å². The summed E-state index contributed by atoms with van der Waals surface area (Å²) in [4.78, 5) is 11.1. The lowest BCUT2D eigenvalue weighted by atomic mass is 10.4. The first-order valence-corrected chi connectivity index (χ1v) is 3.45. The van der Waals surface area contributed by atoms with Gasteiger partial charge in [0.15, 0.2) is 5.69 Å². The molecule has 1 aromatic rings. The van der Waals surface area contributed by atoms with Crippen molar-refractivity contribution in [2.24, 2.45) is 5.10 Å². The molecule has 0 bridgehead atoms. The van der Waals surface area contributed by atoms with Gasteiger partial charge in [0, 0.05) is 12.3 Å².